The van der Waals surface area contributed by atoms with Crippen molar-refractivity contribution in [2.75, 3.05) is 11.9 Å². The van der Waals surface area contributed by atoms with E-state index in [9.17, 15) is 14.4 Å². The summed E-state index contributed by atoms with van der Waals surface area (Å²) >= 11 is 3.43. The molecule has 0 bridgehead atoms. The number of carbonyl (C=O) groups excluding carboxylic acids is 1. The number of hydrogen-bond donors (Lipinski definition) is 1. The fourth-order valence-electron chi connectivity index (χ4n) is 3.70. The van der Waals surface area contributed by atoms with Crippen molar-refractivity contribution in [3.8, 4) is 0 Å². The van der Waals surface area contributed by atoms with Crippen LogP contribution in [0.2, 0.25) is 0 Å². The smallest absolute Gasteiger partial charge is 0.330 e. The van der Waals surface area contributed by atoms with Crippen molar-refractivity contribution in [2.45, 2.75) is 89.5 Å². The van der Waals surface area contributed by atoms with Gasteiger partial charge in [-0.3, -0.25) is 19.1 Å². The Kier molecular flexibility index (Phi) is 11.5. The summed E-state index contributed by atoms with van der Waals surface area (Å²) in [4.78, 5) is 40.8. The summed E-state index contributed by atoms with van der Waals surface area (Å²) in [5.74, 6) is -0.314. The zero-order valence-electron chi connectivity index (χ0n) is 18.5. The molecule has 2 heterocycles. The number of hydrogen-bond acceptors (Lipinski definition) is 6. The number of nitrogens with one attached hydrogen (secondary N) is 1. The van der Waals surface area contributed by atoms with Crippen LogP contribution in [0.25, 0.3) is 10.4 Å². The van der Waals surface area contributed by atoms with E-state index in [2.05, 4.69) is 30.9 Å². The van der Waals surface area contributed by atoms with Gasteiger partial charge in [-0.15, -0.1) is 0 Å². The topological polar surface area (TPSA) is 139 Å². The first kappa shape index (κ1) is 26.2. The van der Waals surface area contributed by atoms with Gasteiger partial charge in [0.1, 0.15) is 18.9 Å². The average Bonchev–Trinajstić information content (AvgIpc) is 3.16. The first-order valence-electron chi connectivity index (χ1n) is 11.2. The molecule has 0 aromatic carbocycles. The second kappa shape index (κ2) is 14.1. The Bertz CT molecular complexity index is 895. The molecule has 0 saturated carbocycles. The maximum Gasteiger partial charge on any atom is 0.330 e. The number of ether oxygens (including phenoxy) is 2. The molecule has 1 saturated heterocycles. The van der Waals surface area contributed by atoms with E-state index in [0.717, 1.165) is 24.6 Å². The minimum atomic E-state index is -0.716. The zero-order chi connectivity index (χ0) is 23.3. The highest BCUT2D eigenvalue weighted by atomic mass is 79.9. The quantitative estimate of drug-likeness (QED) is 0.0987. The molecule has 0 aliphatic carbocycles. The Morgan fingerprint density at radius 3 is 2.56 bits per heavy atom. The highest BCUT2D eigenvalue weighted by molar-refractivity contribution is 9.09. The lowest BCUT2D eigenvalue weighted by atomic mass is 10.1. The van der Waals surface area contributed by atoms with E-state index in [-0.39, 0.29) is 19.0 Å². The third kappa shape index (κ3) is 8.44. The number of esters is 1. The number of halogens is 1. The molecule has 1 aromatic heterocycles. The van der Waals surface area contributed by atoms with E-state index in [1.165, 1.54) is 42.9 Å². The Morgan fingerprint density at radius 1 is 1.25 bits per heavy atom. The van der Waals surface area contributed by atoms with Crippen LogP contribution in [-0.2, 0) is 14.3 Å². The third-order valence-corrected chi connectivity index (χ3v) is 6.09. The molecule has 0 amide bonds. The first-order valence-corrected chi connectivity index (χ1v) is 12.3. The minimum Gasteiger partial charge on any atom is -0.463 e. The number of H-pyrrole nitrogens is 1. The van der Waals surface area contributed by atoms with Gasteiger partial charge < -0.3 is 9.47 Å². The van der Waals surface area contributed by atoms with Crippen molar-refractivity contribution >= 4 is 21.9 Å². The highest BCUT2D eigenvalue weighted by Gasteiger charge is 2.37. The van der Waals surface area contributed by atoms with E-state index in [4.69, 9.17) is 15.0 Å². The van der Waals surface area contributed by atoms with Gasteiger partial charge in [0.15, 0.2) is 0 Å². The fourth-order valence-corrected chi connectivity index (χ4v) is 4.09. The minimum absolute atomic E-state index is 0.0519. The number of aryl methyl sites for hydroxylation is 1. The molecule has 11 heteroatoms. The van der Waals surface area contributed by atoms with Crippen molar-refractivity contribution < 1.29 is 14.3 Å². The van der Waals surface area contributed by atoms with Crippen LogP contribution < -0.4 is 11.2 Å². The molecule has 1 aliphatic heterocycles. The molecule has 2 rings (SSSR count). The maximum atomic E-state index is 12.1. The molecule has 32 heavy (non-hydrogen) atoms. The summed E-state index contributed by atoms with van der Waals surface area (Å²) in [6.45, 7) is 1.53. The van der Waals surface area contributed by atoms with Crippen molar-refractivity contribution in [1.29, 1.82) is 0 Å². The highest BCUT2D eigenvalue weighted by Crippen LogP contribution is 2.30. The van der Waals surface area contributed by atoms with Crippen LogP contribution in [0.4, 0.5) is 0 Å². The van der Waals surface area contributed by atoms with Gasteiger partial charge in [-0.25, -0.2) is 4.79 Å². The van der Waals surface area contributed by atoms with Gasteiger partial charge in [0.25, 0.3) is 5.56 Å². The van der Waals surface area contributed by atoms with Crippen molar-refractivity contribution in [3.63, 3.8) is 0 Å². The van der Waals surface area contributed by atoms with Crippen molar-refractivity contribution in [1.82, 2.24) is 9.55 Å². The number of rotatable bonds is 14. The lowest BCUT2D eigenvalue weighted by Gasteiger charge is -2.17. The lowest BCUT2D eigenvalue weighted by Crippen LogP contribution is -2.33. The summed E-state index contributed by atoms with van der Waals surface area (Å²) < 4.78 is 12.4. The van der Waals surface area contributed by atoms with Crippen molar-refractivity contribution in [3.05, 3.63) is 43.0 Å². The summed E-state index contributed by atoms with van der Waals surface area (Å²) in [6.07, 6.45) is 9.66. The zero-order valence-corrected chi connectivity index (χ0v) is 20.1. The fraction of sp³-hybridized carbons (Fsp3) is 0.762. The Labute approximate surface area is 195 Å². The Balaban J connectivity index is 1.75. The monoisotopic (exact) mass is 513 g/mol. The predicted octanol–water partition coefficient (Wildman–Crippen LogP) is 4.26. The lowest BCUT2D eigenvalue weighted by molar-refractivity contribution is -0.148. The normalized spacial score (nSPS) is 20.1. The Morgan fingerprint density at radius 2 is 1.91 bits per heavy atom. The van der Waals surface area contributed by atoms with Crippen LogP contribution >= 0.6 is 15.9 Å². The van der Waals surface area contributed by atoms with E-state index in [1.54, 1.807) is 6.92 Å². The standard InChI is InChI=1S/C21H32BrN5O5/c1-15-13-27(21(30)24-20(15)29)18-12-16(25-26-23)17(32-18)14-31-19(28)10-8-6-4-2-3-5-7-9-11-22/h13,16-18H,2-12,14H2,1H3,(H,24,29,30)/t16-,17+,18+/m0/s1. The number of aromatic nitrogens is 2. The molecule has 1 N–H and O–H groups in total. The number of carbonyl (C=O) groups is 1. The number of aromatic amines is 1. The Hall–Kier alpha value is -2.10. The molecule has 178 valence electrons. The summed E-state index contributed by atoms with van der Waals surface area (Å²) in [7, 11) is 0. The van der Waals surface area contributed by atoms with E-state index < -0.39 is 29.6 Å². The second-order valence-electron chi connectivity index (χ2n) is 8.07. The molecule has 1 aliphatic rings. The maximum absolute atomic E-state index is 12.1. The molecular weight excluding hydrogens is 482 g/mol. The van der Waals surface area contributed by atoms with Crippen molar-refractivity contribution in [2.24, 2.45) is 5.11 Å². The molecule has 1 aromatic rings. The average molecular weight is 514 g/mol. The number of azide groups is 1. The van der Waals surface area contributed by atoms with E-state index >= 15 is 0 Å². The molecule has 10 nitrogen and oxygen atoms in total. The number of alkyl halides is 1. The van der Waals surface area contributed by atoms with Gasteiger partial charge in [0, 0.05) is 34.8 Å². The molecule has 0 unspecified atom stereocenters. The second-order valence-corrected chi connectivity index (χ2v) is 8.86. The molecular formula is C21H32BrN5O5. The van der Waals surface area contributed by atoms with Gasteiger partial charge >= 0.3 is 11.7 Å². The molecule has 1 fully saturated rings. The molecule has 0 radical (unpaired) electrons. The SMILES string of the molecule is Cc1cn([C@H]2C[C@H](N=[N+]=[N-])[C@@H](COC(=O)CCCCCCCCCCBr)O2)c(=O)[nH]c1=O. The number of nitrogens with zero attached hydrogens (tertiary/aromatic N) is 4. The van der Waals surface area contributed by atoms with E-state index in [1.807, 2.05) is 0 Å². The molecule has 0 spiro atoms. The van der Waals surface area contributed by atoms with Gasteiger partial charge in [-0.1, -0.05) is 59.6 Å². The summed E-state index contributed by atoms with van der Waals surface area (Å²) in [5.41, 5.74) is 8.13. The van der Waals surface area contributed by atoms with Crippen LogP contribution in [-0.4, -0.2) is 39.6 Å². The first-order chi connectivity index (χ1) is 15.5. The van der Waals surface area contributed by atoms with Crippen LogP contribution in [0.1, 0.15) is 76.0 Å². The van der Waals surface area contributed by atoms with Crippen LogP contribution in [0, 0.1) is 6.92 Å². The largest absolute Gasteiger partial charge is 0.463 e. The third-order valence-electron chi connectivity index (χ3n) is 5.53. The van der Waals surface area contributed by atoms with Crippen LogP contribution in [0.3, 0.4) is 0 Å². The van der Waals surface area contributed by atoms with Crippen LogP contribution in [0.15, 0.2) is 20.9 Å². The summed E-state index contributed by atoms with van der Waals surface area (Å²) in [5, 5.41) is 4.79. The van der Waals surface area contributed by atoms with Crippen LogP contribution in [0.5, 0.6) is 0 Å². The predicted molar refractivity (Wildman–Crippen MR) is 124 cm³/mol. The van der Waals surface area contributed by atoms with Gasteiger partial charge in [0.2, 0.25) is 0 Å². The number of unbranched alkanes of at least 4 members (excludes halogenated alkanes) is 7. The molecule has 3 atom stereocenters. The van der Waals surface area contributed by atoms with Gasteiger partial charge in [-0.2, -0.15) is 0 Å². The van der Waals surface area contributed by atoms with Gasteiger partial charge in [0.05, 0.1) is 6.04 Å². The summed E-state index contributed by atoms with van der Waals surface area (Å²) in [6, 6.07) is -0.582. The van der Waals surface area contributed by atoms with E-state index in [0.29, 0.717) is 12.0 Å². The van der Waals surface area contributed by atoms with Gasteiger partial charge in [-0.05, 0) is 25.3 Å².